The number of hydrogen-bond donors (Lipinski definition) is 3. The van der Waals surface area contributed by atoms with E-state index >= 15 is 0 Å². The standard InChI is InChI=1S/C4H8N2O3/c1-2-5-3(6-9)4(7)8/h9H,2H2,1H3,(H,5,6)(H,7,8). The minimum Gasteiger partial charge on any atom is -0.475 e. The normalized spacial score (nSPS) is 11.0. The molecule has 0 atom stereocenters. The van der Waals surface area contributed by atoms with Crippen molar-refractivity contribution in [3.05, 3.63) is 0 Å². The summed E-state index contributed by atoms with van der Waals surface area (Å²) >= 11 is 0. The molecule has 0 saturated heterocycles. The van der Waals surface area contributed by atoms with E-state index < -0.39 is 11.8 Å². The zero-order chi connectivity index (χ0) is 7.28. The predicted molar refractivity (Wildman–Crippen MR) is 30.5 cm³/mol. The molecule has 5 heteroatoms. The molecule has 52 valence electrons. The molecule has 0 aromatic carbocycles. The fourth-order valence-electron chi connectivity index (χ4n) is 0.321. The number of amidine groups is 1. The monoisotopic (exact) mass is 132 g/mol. The van der Waals surface area contributed by atoms with Gasteiger partial charge >= 0.3 is 5.97 Å². The van der Waals surface area contributed by atoms with Crippen LogP contribution in [0.25, 0.3) is 0 Å². The van der Waals surface area contributed by atoms with Crippen LogP contribution >= 0.6 is 0 Å². The summed E-state index contributed by atoms with van der Waals surface area (Å²) in [5.74, 6) is -1.70. The van der Waals surface area contributed by atoms with Crippen LogP contribution in [-0.2, 0) is 4.79 Å². The molecule has 0 aromatic heterocycles. The molecule has 0 radical (unpaired) electrons. The van der Waals surface area contributed by atoms with E-state index in [1.165, 1.54) is 0 Å². The molecular weight excluding hydrogens is 124 g/mol. The van der Waals surface area contributed by atoms with Gasteiger partial charge in [0, 0.05) is 6.54 Å². The lowest BCUT2D eigenvalue weighted by molar-refractivity contribution is -0.129. The van der Waals surface area contributed by atoms with Gasteiger partial charge in [-0.05, 0) is 6.92 Å². The number of rotatable bonds is 1. The fraction of sp³-hybridized carbons (Fsp3) is 0.500. The van der Waals surface area contributed by atoms with Crippen LogP contribution in [0, 0.1) is 0 Å². The van der Waals surface area contributed by atoms with Crippen LogP contribution in [0.1, 0.15) is 6.92 Å². The molecule has 3 N–H and O–H groups in total. The zero-order valence-electron chi connectivity index (χ0n) is 4.96. The second-order valence-corrected chi connectivity index (χ2v) is 1.28. The van der Waals surface area contributed by atoms with Crippen molar-refractivity contribution in [3.8, 4) is 0 Å². The van der Waals surface area contributed by atoms with Crippen molar-refractivity contribution < 1.29 is 15.1 Å². The molecule has 0 aliphatic carbocycles. The van der Waals surface area contributed by atoms with E-state index in [0.29, 0.717) is 6.54 Å². The Balaban J connectivity index is 3.85. The van der Waals surface area contributed by atoms with Crippen LogP contribution in [0.2, 0.25) is 0 Å². The van der Waals surface area contributed by atoms with E-state index in [1.807, 2.05) is 0 Å². The molecule has 5 nitrogen and oxygen atoms in total. The lowest BCUT2D eigenvalue weighted by Crippen LogP contribution is -2.30. The van der Waals surface area contributed by atoms with Crippen LogP contribution < -0.4 is 5.32 Å². The molecule has 0 bridgehead atoms. The Bertz CT molecular complexity index is 132. The Morgan fingerprint density at radius 2 is 2.33 bits per heavy atom. The number of nitrogens with one attached hydrogen (secondary N) is 1. The second kappa shape index (κ2) is 3.71. The largest absolute Gasteiger partial charge is 0.475 e. The maximum absolute atomic E-state index is 9.97. The smallest absolute Gasteiger partial charge is 0.375 e. The summed E-state index contributed by atoms with van der Waals surface area (Å²) in [4.78, 5) is 9.97. The molecule has 0 aliphatic heterocycles. The van der Waals surface area contributed by atoms with Gasteiger partial charge in [-0.15, -0.1) is 0 Å². The van der Waals surface area contributed by atoms with Crippen LogP contribution in [0.3, 0.4) is 0 Å². The number of hydrogen-bond acceptors (Lipinski definition) is 3. The van der Waals surface area contributed by atoms with Crippen molar-refractivity contribution >= 4 is 11.8 Å². The fourth-order valence-corrected chi connectivity index (χ4v) is 0.321. The van der Waals surface area contributed by atoms with E-state index in [0.717, 1.165) is 0 Å². The third-order valence-corrected chi connectivity index (χ3v) is 0.647. The minimum atomic E-state index is -1.26. The topological polar surface area (TPSA) is 81.9 Å². The van der Waals surface area contributed by atoms with Crippen LogP contribution in [-0.4, -0.2) is 28.7 Å². The number of carboxylic acid groups (broad SMARTS) is 1. The lowest BCUT2D eigenvalue weighted by atomic mass is 10.6. The summed E-state index contributed by atoms with van der Waals surface area (Å²) in [6, 6.07) is 0. The van der Waals surface area contributed by atoms with Crippen molar-refractivity contribution in [1.82, 2.24) is 5.32 Å². The lowest BCUT2D eigenvalue weighted by Gasteiger charge is -1.96. The summed E-state index contributed by atoms with van der Waals surface area (Å²) in [6.07, 6.45) is 0. The number of oxime groups is 1. The SMILES string of the molecule is CCNC(=NO)C(=O)O. The molecule has 0 saturated carbocycles. The maximum atomic E-state index is 9.97. The number of carbonyl (C=O) groups is 1. The molecule has 0 aromatic rings. The average Bonchev–Trinajstić information content (AvgIpc) is 1.82. The van der Waals surface area contributed by atoms with Gasteiger partial charge in [0.15, 0.2) is 0 Å². The van der Waals surface area contributed by atoms with Crippen LogP contribution in [0.5, 0.6) is 0 Å². The zero-order valence-corrected chi connectivity index (χ0v) is 4.96. The number of carboxylic acids is 1. The molecule has 9 heavy (non-hydrogen) atoms. The summed E-state index contributed by atoms with van der Waals surface area (Å²) in [5.41, 5.74) is 0. The molecule has 0 fully saturated rings. The average molecular weight is 132 g/mol. The van der Waals surface area contributed by atoms with Crippen molar-refractivity contribution in [1.29, 1.82) is 0 Å². The first-order valence-electron chi connectivity index (χ1n) is 2.41. The quantitative estimate of drug-likeness (QED) is 0.194. The second-order valence-electron chi connectivity index (χ2n) is 1.28. The highest BCUT2D eigenvalue weighted by Gasteiger charge is 2.05. The minimum absolute atomic E-state index is 0.422. The first-order chi connectivity index (χ1) is 4.22. The van der Waals surface area contributed by atoms with Gasteiger partial charge in [0.1, 0.15) is 0 Å². The Hall–Kier alpha value is -1.26. The van der Waals surface area contributed by atoms with Gasteiger partial charge in [-0.2, -0.15) is 0 Å². The van der Waals surface area contributed by atoms with E-state index in [4.69, 9.17) is 10.3 Å². The molecule has 0 aliphatic rings. The highest BCUT2D eigenvalue weighted by Crippen LogP contribution is 1.69. The number of likely N-dealkylation sites (N-methyl/N-ethyl adjacent to an activating group) is 1. The van der Waals surface area contributed by atoms with E-state index in [1.54, 1.807) is 6.92 Å². The molecule has 0 spiro atoms. The Kier molecular flexibility index (Phi) is 3.19. The molecule has 0 rings (SSSR count). The summed E-state index contributed by atoms with van der Waals surface area (Å²) < 4.78 is 0. The van der Waals surface area contributed by atoms with Gasteiger partial charge in [0.2, 0.25) is 0 Å². The molecular formula is C4H8N2O3. The van der Waals surface area contributed by atoms with Gasteiger partial charge in [-0.25, -0.2) is 4.79 Å². The van der Waals surface area contributed by atoms with Crippen LogP contribution in [0.15, 0.2) is 5.16 Å². The Labute approximate surface area is 52.0 Å². The van der Waals surface area contributed by atoms with Crippen molar-refractivity contribution in [3.63, 3.8) is 0 Å². The Morgan fingerprint density at radius 3 is 2.44 bits per heavy atom. The molecule has 0 heterocycles. The summed E-state index contributed by atoms with van der Waals surface area (Å²) in [7, 11) is 0. The number of aliphatic carboxylic acids is 1. The van der Waals surface area contributed by atoms with Gasteiger partial charge in [-0.3, -0.25) is 0 Å². The predicted octanol–water partition coefficient (Wildman–Crippen LogP) is -0.532. The first-order valence-corrected chi connectivity index (χ1v) is 2.41. The number of nitrogens with zero attached hydrogens (tertiary/aromatic N) is 1. The van der Waals surface area contributed by atoms with Crippen molar-refractivity contribution in [2.24, 2.45) is 5.16 Å². The third kappa shape index (κ3) is 2.53. The van der Waals surface area contributed by atoms with Crippen LogP contribution in [0.4, 0.5) is 0 Å². The van der Waals surface area contributed by atoms with E-state index in [9.17, 15) is 4.79 Å². The molecule has 0 unspecified atom stereocenters. The summed E-state index contributed by atoms with van der Waals surface area (Å²) in [6.45, 7) is 2.12. The first kappa shape index (κ1) is 7.74. The third-order valence-electron chi connectivity index (χ3n) is 0.647. The molecule has 0 amide bonds. The summed E-state index contributed by atoms with van der Waals surface area (Å²) in [5, 5.41) is 20.9. The van der Waals surface area contributed by atoms with Gasteiger partial charge in [-0.1, -0.05) is 5.16 Å². The van der Waals surface area contributed by atoms with Crippen molar-refractivity contribution in [2.75, 3.05) is 6.54 Å². The van der Waals surface area contributed by atoms with Gasteiger partial charge < -0.3 is 15.6 Å². The Morgan fingerprint density at radius 1 is 1.78 bits per heavy atom. The van der Waals surface area contributed by atoms with E-state index in [2.05, 4.69) is 10.5 Å². The van der Waals surface area contributed by atoms with Crippen molar-refractivity contribution in [2.45, 2.75) is 6.92 Å². The highest BCUT2D eigenvalue weighted by atomic mass is 16.4. The maximum Gasteiger partial charge on any atom is 0.375 e. The highest BCUT2D eigenvalue weighted by molar-refractivity contribution is 6.34. The van der Waals surface area contributed by atoms with Gasteiger partial charge in [0.25, 0.3) is 5.84 Å². The van der Waals surface area contributed by atoms with E-state index in [-0.39, 0.29) is 0 Å². The van der Waals surface area contributed by atoms with Gasteiger partial charge in [0.05, 0.1) is 0 Å².